The number of hydrogen-bond donors (Lipinski definition) is 1. The number of rotatable bonds is 4. The van der Waals surface area contributed by atoms with Crippen LogP contribution in [0.1, 0.15) is 24.8 Å². The SMILES string of the molecule is O=C(CCc1ccc(S)c2ncccc12)C1CCCO1. The number of hydrogen-bond acceptors (Lipinski definition) is 4. The van der Waals surface area contributed by atoms with E-state index in [2.05, 4.69) is 17.6 Å². The Balaban J connectivity index is 1.77. The molecule has 0 spiro atoms. The molecule has 0 N–H and O–H groups in total. The average molecular weight is 287 g/mol. The lowest BCUT2D eigenvalue weighted by molar-refractivity contribution is -0.127. The summed E-state index contributed by atoms with van der Waals surface area (Å²) in [6.45, 7) is 0.720. The Morgan fingerprint density at radius 2 is 2.30 bits per heavy atom. The number of aryl methyl sites for hydroxylation is 1. The van der Waals surface area contributed by atoms with Crippen molar-refractivity contribution in [3.63, 3.8) is 0 Å². The summed E-state index contributed by atoms with van der Waals surface area (Å²) in [5.41, 5.74) is 2.05. The zero-order valence-corrected chi connectivity index (χ0v) is 12.1. The van der Waals surface area contributed by atoms with Crippen molar-refractivity contribution in [1.29, 1.82) is 0 Å². The van der Waals surface area contributed by atoms with Gasteiger partial charge >= 0.3 is 0 Å². The third-order valence-corrected chi connectivity index (χ3v) is 4.13. The van der Waals surface area contributed by atoms with Crippen LogP contribution in [-0.2, 0) is 16.0 Å². The van der Waals surface area contributed by atoms with Crippen LogP contribution >= 0.6 is 12.6 Å². The van der Waals surface area contributed by atoms with Gasteiger partial charge in [0.15, 0.2) is 5.78 Å². The number of carbonyl (C=O) groups is 1. The molecule has 0 bridgehead atoms. The number of thiol groups is 1. The van der Waals surface area contributed by atoms with E-state index in [1.165, 1.54) is 0 Å². The van der Waals surface area contributed by atoms with E-state index in [-0.39, 0.29) is 11.9 Å². The first-order valence-electron chi connectivity index (χ1n) is 6.95. The van der Waals surface area contributed by atoms with Crippen molar-refractivity contribution < 1.29 is 9.53 Å². The minimum atomic E-state index is -0.177. The lowest BCUT2D eigenvalue weighted by atomic mass is 10.00. The topological polar surface area (TPSA) is 39.2 Å². The van der Waals surface area contributed by atoms with Crippen molar-refractivity contribution in [2.75, 3.05) is 6.61 Å². The van der Waals surface area contributed by atoms with Crippen LogP contribution in [-0.4, -0.2) is 23.5 Å². The van der Waals surface area contributed by atoms with Crippen molar-refractivity contribution >= 4 is 29.3 Å². The molecule has 1 aromatic carbocycles. The molecule has 1 fully saturated rings. The fourth-order valence-corrected chi connectivity index (χ4v) is 2.94. The van der Waals surface area contributed by atoms with Crippen LogP contribution in [0.5, 0.6) is 0 Å². The zero-order valence-electron chi connectivity index (χ0n) is 11.2. The van der Waals surface area contributed by atoms with Gasteiger partial charge in [-0.25, -0.2) is 0 Å². The Morgan fingerprint density at radius 3 is 3.10 bits per heavy atom. The first-order valence-corrected chi connectivity index (χ1v) is 7.40. The molecule has 0 amide bonds. The Bertz CT molecular complexity index is 635. The van der Waals surface area contributed by atoms with Crippen LogP contribution in [0.4, 0.5) is 0 Å². The van der Waals surface area contributed by atoms with Crippen LogP contribution < -0.4 is 0 Å². The highest BCUT2D eigenvalue weighted by molar-refractivity contribution is 7.80. The molecule has 1 aliphatic rings. The molecule has 1 aromatic heterocycles. The maximum Gasteiger partial charge on any atom is 0.161 e. The van der Waals surface area contributed by atoms with Gasteiger partial charge in [-0.2, -0.15) is 0 Å². The Hall–Kier alpha value is -1.39. The fourth-order valence-electron chi connectivity index (χ4n) is 2.69. The van der Waals surface area contributed by atoms with E-state index in [0.717, 1.165) is 47.2 Å². The molecule has 2 aromatic rings. The number of pyridine rings is 1. The second kappa shape index (κ2) is 5.94. The summed E-state index contributed by atoms with van der Waals surface area (Å²) >= 11 is 4.43. The van der Waals surface area contributed by atoms with E-state index in [1.807, 2.05) is 24.3 Å². The number of nitrogens with zero attached hydrogens (tertiary/aromatic N) is 1. The minimum Gasteiger partial charge on any atom is -0.370 e. The summed E-state index contributed by atoms with van der Waals surface area (Å²) in [4.78, 5) is 17.3. The monoisotopic (exact) mass is 287 g/mol. The van der Waals surface area contributed by atoms with Crippen molar-refractivity contribution in [2.45, 2.75) is 36.7 Å². The van der Waals surface area contributed by atoms with E-state index >= 15 is 0 Å². The number of carbonyl (C=O) groups excluding carboxylic acids is 1. The van der Waals surface area contributed by atoms with Gasteiger partial charge in [-0.15, -0.1) is 12.6 Å². The van der Waals surface area contributed by atoms with Crippen LogP contribution in [0, 0.1) is 0 Å². The average Bonchev–Trinajstić information content (AvgIpc) is 3.01. The number of benzene rings is 1. The second-order valence-electron chi connectivity index (χ2n) is 5.11. The van der Waals surface area contributed by atoms with Crippen LogP contribution in [0.25, 0.3) is 10.9 Å². The summed E-state index contributed by atoms with van der Waals surface area (Å²) in [7, 11) is 0. The molecular formula is C16H17NO2S. The molecule has 20 heavy (non-hydrogen) atoms. The Morgan fingerprint density at radius 1 is 1.40 bits per heavy atom. The summed E-state index contributed by atoms with van der Waals surface area (Å²) < 4.78 is 5.44. The first kappa shape index (κ1) is 13.6. The van der Waals surface area contributed by atoms with E-state index in [9.17, 15) is 4.79 Å². The van der Waals surface area contributed by atoms with E-state index in [4.69, 9.17) is 4.74 Å². The van der Waals surface area contributed by atoms with Gasteiger partial charge in [0, 0.05) is 29.5 Å². The first-order chi connectivity index (χ1) is 9.75. The number of ether oxygens (including phenoxy) is 1. The summed E-state index contributed by atoms with van der Waals surface area (Å²) in [5, 5.41) is 1.08. The van der Waals surface area contributed by atoms with E-state index < -0.39 is 0 Å². The van der Waals surface area contributed by atoms with Crippen LogP contribution in [0.15, 0.2) is 35.4 Å². The smallest absolute Gasteiger partial charge is 0.161 e. The molecule has 1 atom stereocenters. The Kier molecular flexibility index (Phi) is 4.03. The maximum absolute atomic E-state index is 12.1. The van der Waals surface area contributed by atoms with Crippen LogP contribution in [0.2, 0.25) is 0 Å². The second-order valence-corrected chi connectivity index (χ2v) is 5.59. The van der Waals surface area contributed by atoms with Gasteiger partial charge < -0.3 is 4.74 Å². The third kappa shape index (κ3) is 2.72. The van der Waals surface area contributed by atoms with Gasteiger partial charge in [-0.05, 0) is 37.0 Å². The van der Waals surface area contributed by atoms with Gasteiger partial charge in [-0.1, -0.05) is 12.1 Å². The highest BCUT2D eigenvalue weighted by Gasteiger charge is 2.23. The van der Waals surface area contributed by atoms with Crippen molar-refractivity contribution in [1.82, 2.24) is 4.98 Å². The quantitative estimate of drug-likeness (QED) is 0.878. The molecule has 3 nitrogen and oxygen atoms in total. The van der Waals surface area contributed by atoms with E-state index in [0.29, 0.717) is 6.42 Å². The molecule has 0 aliphatic carbocycles. The summed E-state index contributed by atoms with van der Waals surface area (Å²) in [5.74, 6) is 0.217. The zero-order chi connectivity index (χ0) is 13.9. The number of Topliss-reactive ketones (excluding diaryl/α,β-unsaturated/α-hetero) is 1. The lowest BCUT2D eigenvalue weighted by Crippen LogP contribution is -2.19. The molecule has 3 rings (SSSR count). The normalized spacial score (nSPS) is 18.6. The molecule has 1 unspecified atom stereocenters. The number of aromatic nitrogens is 1. The highest BCUT2D eigenvalue weighted by atomic mass is 32.1. The standard InChI is InChI=1S/C16H17NO2S/c18-13(14-4-2-10-19-14)7-5-11-6-8-15(20)16-12(11)3-1-9-17-16/h1,3,6,8-9,14,20H,2,4-5,7,10H2. The van der Waals surface area contributed by atoms with Crippen LogP contribution in [0.3, 0.4) is 0 Å². The van der Waals surface area contributed by atoms with Crippen molar-refractivity contribution in [3.8, 4) is 0 Å². The lowest BCUT2D eigenvalue weighted by Gasteiger charge is -2.10. The van der Waals surface area contributed by atoms with E-state index in [1.54, 1.807) is 6.20 Å². The Labute approximate surface area is 123 Å². The third-order valence-electron chi connectivity index (χ3n) is 3.77. The minimum absolute atomic E-state index is 0.177. The molecule has 4 heteroatoms. The molecule has 2 heterocycles. The van der Waals surface area contributed by atoms with Gasteiger partial charge in [0.1, 0.15) is 6.10 Å². The molecule has 0 radical (unpaired) electrons. The summed E-state index contributed by atoms with van der Waals surface area (Å²) in [6.07, 6.45) is 4.72. The molecule has 1 aliphatic heterocycles. The molecule has 0 saturated carbocycles. The molecule has 1 saturated heterocycles. The van der Waals surface area contributed by atoms with Gasteiger partial charge in [0.25, 0.3) is 0 Å². The van der Waals surface area contributed by atoms with Crippen molar-refractivity contribution in [3.05, 3.63) is 36.0 Å². The van der Waals surface area contributed by atoms with Gasteiger partial charge in [0.05, 0.1) is 5.52 Å². The molecular weight excluding hydrogens is 270 g/mol. The van der Waals surface area contributed by atoms with Crippen molar-refractivity contribution in [2.24, 2.45) is 0 Å². The van der Waals surface area contributed by atoms with Gasteiger partial charge in [0.2, 0.25) is 0 Å². The van der Waals surface area contributed by atoms with Gasteiger partial charge in [-0.3, -0.25) is 9.78 Å². The fraction of sp³-hybridized carbons (Fsp3) is 0.375. The molecule has 104 valence electrons. The maximum atomic E-state index is 12.1. The summed E-state index contributed by atoms with van der Waals surface area (Å²) in [6, 6.07) is 7.94. The highest BCUT2D eigenvalue weighted by Crippen LogP contribution is 2.25. The predicted octanol–water partition coefficient (Wildman–Crippen LogP) is 3.20. The number of ketones is 1. The largest absolute Gasteiger partial charge is 0.370 e. The number of fused-ring (bicyclic) bond motifs is 1. The predicted molar refractivity (Wildman–Crippen MR) is 81.3 cm³/mol.